The molecule has 7 heteroatoms. The number of nitrogens with zero attached hydrogens (tertiary/aromatic N) is 1. The number of amides is 2. The molecule has 0 saturated carbocycles. The first-order chi connectivity index (χ1) is 14.4. The van der Waals surface area contributed by atoms with Gasteiger partial charge in [0.1, 0.15) is 12.6 Å². The molecule has 2 N–H and O–H groups in total. The van der Waals surface area contributed by atoms with Gasteiger partial charge < -0.3 is 20.1 Å². The van der Waals surface area contributed by atoms with Crippen molar-refractivity contribution in [3.8, 4) is 11.1 Å². The van der Waals surface area contributed by atoms with E-state index in [-0.39, 0.29) is 30.8 Å². The number of carboxylic acids is 1. The molecular weight excluding hydrogens is 384 g/mol. The van der Waals surface area contributed by atoms with E-state index in [1.54, 1.807) is 11.8 Å². The second kappa shape index (κ2) is 8.18. The second-order valence-corrected chi connectivity index (χ2v) is 7.90. The van der Waals surface area contributed by atoms with Crippen molar-refractivity contribution in [2.75, 3.05) is 19.7 Å². The Labute approximate surface area is 174 Å². The number of aliphatic carboxylic acids is 1. The minimum absolute atomic E-state index is 0.0203. The molecular formula is C23H24N2O5. The summed E-state index contributed by atoms with van der Waals surface area (Å²) in [6, 6.07) is 15.4. The minimum atomic E-state index is -0.864. The van der Waals surface area contributed by atoms with Crippen molar-refractivity contribution < 1.29 is 24.2 Å². The molecule has 1 fully saturated rings. The summed E-state index contributed by atoms with van der Waals surface area (Å²) in [6.07, 6.45) is -0.585. The third kappa shape index (κ3) is 3.87. The summed E-state index contributed by atoms with van der Waals surface area (Å²) in [5, 5.41) is 11.4. The van der Waals surface area contributed by atoms with Gasteiger partial charge in [0, 0.05) is 24.9 Å². The molecule has 0 radical (unpaired) electrons. The lowest BCUT2D eigenvalue weighted by atomic mass is 9.95. The number of carbonyl (C=O) groups is 3. The van der Waals surface area contributed by atoms with Crippen LogP contribution in [-0.2, 0) is 14.3 Å². The maximum Gasteiger partial charge on any atom is 0.407 e. The molecule has 1 aliphatic carbocycles. The fourth-order valence-corrected chi connectivity index (χ4v) is 4.28. The van der Waals surface area contributed by atoms with Gasteiger partial charge in [0.2, 0.25) is 5.91 Å². The van der Waals surface area contributed by atoms with E-state index in [9.17, 15) is 14.4 Å². The zero-order chi connectivity index (χ0) is 21.3. The number of fused-ring (bicyclic) bond motifs is 3. The molecule has 1 aliphatic heterocycles. The topological polar surface area (TPSA) is 95.9 Å². The van der Waals surface area contributed by atoms with Crippen LogP contribution in [0.5, 0.6) is 0 Å². The lowest BCUT2D eigenvalue weighted by Crippen LogP contribution is -2.56. The number of hydrogen-bond donors (Lipinski definition) is 2. The Morgan fingerprint density at radius 1 is 1.07 bits per heavy atom. The molecule has 7 nitrogen and oxygen atoms in total. The van der Waals surface area contributed by atoms with Gasteiger partial charge in [0.05, 0.1) is 6.42 Å². The highest BCUT2D eigenvalue weighted by Crippen LogP contribution is 2.44. The van der Waals surface area contributed by atoms with Gasteiger partial charge in [-0.25, -0.2) is 4.79 Å². The predicted molar refractivity (Wildman–Crippen MR) is 110 cm³/mol. The Bertz CT molecular complexity index is 938. The van der Waals surface area contributed by atoms with Crippen molar-refractivity contribution in [3.63, 3.8) is 0 Å². The molecule has 2 aliphatic rings. The second-order valence-electron chi connectivity index (χ2n) is 7.90. The lowest BCUT2D eigenvalue weighted by molar-refractivity contribution is -0.145. The first-order valence-electron chi connectivity index (χ1n) is 10.1. The van der Waals surface area contributed by atoms with Crippen molar-refractivity contribution in [2.24, 2.45) is 5.92 Å². The Morgan fingerprint density at radius 3 is 2.20 bits per heavy atom. The van der Waals surface area contributed by atoms with Gasteiger partial charge in [-0.15, -0.1) is 0 Å². The highest BCUT2D eigenvalue weighted by atomic mass is 16.5. The average molecular weight is 408 g/mol. The molecule has 0 aromatic heterocycles. The molecule has 1 heterocycles. The van der Waals surface area contributed by atoms with E-state index in [2.05, 4.69) is 17.4 Å². The Morgan fingerprint density at radius 2 is 1.63 bits per heavy atom. The normalized spacial score (nSPS) is 16.2. The highest BCUT2D eigenvalue weighted by molar-refractivity contribution is 5.86. The summed E-state index contributed by atoms with van der Waals surface area (Å²) in [5.41, 5.74) is 4.56. The predicted octanol–water partition coefficient (Wildman–Crippen LogP) is 2.85. The van der Waals surface area contributed by atoms with E-state index in [0.717, 1.165) is 22.3 Å². The highest BCUT2D eigenvalue weighted by Gasteiger charge is 2.35. The Balaban J connectivity index is 1.31. The van der Waals surface area contributed by atoms with Crippen LogP contribution in [0.2, 0.25) is 0 Å². The number of likely N-dealkylation sites (tertiary alicyclic amines) is 1. The largest absolute Gasteiger partial charge is 0.481 e. The van der Waals surface area contributed by atoms with E-state index >= 15 is 0 Å². The van der Waals surface area contributed by atoms with Gasteiger partial charge in [-0.2, -0.15) is 0 Å². The van der Waals surface area contributed by atoms with Crippen LogP contribution in [0.3, 0.4) is 0 Å². The number of benzene rings is 2. The smallest absolute Gasteiger partial charge is 0.407 e. The molecule has 156 valence electrons. The lowest BCUT2D eigenvalue weighted by Gasteiger charge is -2.39. The van der Waals surface area contributed by atoms with Gasteiger partial charge in [-0.1, -0.05) is 48.5 Å². The summed E-state index contributed by atoms with van der Waals surface area (Å²) in [7, 11) is 0. The molecule has 2 aromatic rings. The summed E-state index contributed by atoms with van der Waals surface area (Å²) < 4.78 is 5.47. The third-order valence-corrected chi connectivity index (χ3v) is 5.78. The van der Waals surface area contributed by atoms with Crippen molar-refractivity contribution in [3.05, 3.63) is 59.7 Å². The first-order valence-corrected chi connectivity index (χ1v) is 10.1. The molecule has 30 heavy (non-hydrogen) atoms. The van der Waals surface area contributed by atoms with Gasteiger partial charge in [-0.3, -0.25) is 9.59 Å². The van der Waals surface area contributed by atoms with Gasteiger partial charge in [0.15, 0.2) is 0 Å². The van der Waals surface area contributed by atoms with Gasteiger partial charge in [0.25, 0.3) is 0 Å². The standard InChI is InChI=1S/C23H24N2O5/c1-14(22(28)25-11-15(12-25)10-21(26)27)24-23(29)30-13-20-18-8-4-2-6-16(18)17-7-3-5-9-19(17)20/h2-9,14-15,20H,10-13H2,1H3,(H,24,29)(H,26,27)/t14-/m0/s1. The van der Waals surface area contributed by atoms with E-state index in [4.69, 9.17) is 9.84 Å². The Kier molecular flexibility index (Phi) is 5.44. The maximum atomic E-state index is 12.4. The monoisotopic (exact) mass is 408 g/mol. The van der Waals surface area contributed by atoms with Gasteiger partial charge >= 0.3 is 12.1 Å². The van der Waals surface area contributed by atoms with Crippen molar-refractivity contribution in [1.29, 1.82) is 0 Å². The molecule has 0 spiro atoms. The molecule has 4 rings (SSSR count). The van der Waals surface area contributed by atoms with E-state index in [1.165, 1.54) is 0 Å². The fourth-order valence-electron chi connectivity index (χ4n) is 4.28. The third-order valence-electron chi connectivity index (χ3n) is 5.78. The molecule has 0 unspecified atom stereocenters. The minimum Gasteiger partial charge on any atom is -0.481 e. The summed E-state index contributed by atoms with van der Waals surface area (Å²) in [4.78, 5) is 37.0. The number of carboxylic acid groups (broad SMARTS) is 1. The zero-order valence-corrected chi connectivity index (χ0v) is 16.7. The Hall–Kier alpha value is -3.35. The molecule has 2 amide bonds. The summed E-state index contributed by atoms with van der Waals surface area (Å²) in [6.45, 7) is 2.60. The molecule has 1 saturated heterocycles. The average Bonchev–Trinajstić information content (AvgIpc) is 3.02. The SMILES string of the molecule is C[C@H](NC(=O)OCC1c2ccccc2-c2ccccc21)C(=O)N1CC(CC(=O)O)C1. The quantitative estimate of drug-likeness (QED) is 0.766. The number of hydrogen-bond acceptors (Lipinski definition) is 4. The van der Waals surface area contributed by atoms with Crippen molar-refractivity contribution >= 4 is 18.0 Å². The first kappa shape index (κ1) is 19.9. The number of alkyl carbamates (subject to hydrolysis) is 1. The maximum absolute atomic E-state index is 12.4. The molecule has 1 atom stereocenters. The van der Waals surface area contributed by atoms with Crippen molar-refractivity contribution in [1.82, 2.24) is 10.2 Å². The summed E-state index contributed by atoms with van der Waals surface area (Å²) >= 11 is 0. The van der Waals surface area contributed by atoms with E-state index in [1.807, 2.05) is 36.4 Å². The number of carbonyl (C=O) groups excluding carboxylic acids is 2. The van der Waals surface area contributed by atoms with Crippen LogP contribution >= 0.6 is 0 Å². The molecule has 0 bridgehead atoms. The summed E-state index contributed by atoms with van der Waals surface area (Å²) in [5.74, 6) is -1.16. The van der Waals surface area contributed by atoms with Crippen LogP contribution in [0, 0.1) is 5.92 Å². The van der Waals surface area contributed by atoms with Crippen LogP contribution in [0.4, 0.5) is 4.79 Å². The molecule has 2 aromatic carbocycles. The van der Waals surface area contributed by atoms with Gasteiger partial charge in [-0.05, 0) is 29.2 Å². The van der Waals surface area contributed by atoms with Crippen LogP contribution in [0.15, 0.2) is 48.5 Å². The van der Waals surface area contributed by atoms with Crippen molar-refractivity contribution in [2.45, 2.75) is 25.3 Å². The number of rotatable bonds is 6. The van der Waals surface area contributed by atoms with E-state index in [0.29, 0.717) is 13.1 Å². The number of ether oxygens (including phenoxy) is 1. The van der Waals surface area contributed by atoms with Crippen LogP contribution < -0.4 is 5.32 Å². The zero-order valence-electron chi connectivity index (χ0n) is 16.7. The van der Waals surface area contributed by atoms with Crippen LogP contribution in [-0.4, -0.2) is 53.7 Å². The fraction of sp³-hybridized carbons (Fsp3) is 0.348. The van der Waals surface area contributed by atoms with Crippen LogP contribution in [0.1, 0.15) is 30.4 Å². The van der Waals surface area contributed by atoms with Crippen LogP contribution in [0.25, 0.3) is 11.1 Å². The number of nitrogens with one attached hydrogen (secondary N) is 1. The van der Waals surface area contributed by atoms with E-state index < -0.39 is 18.1 Å².